The van der Waals surface area contributed by atoms with Gasteiger partial charge >= 0.3 is 0 Å². The van der Waals surface area contributed by atoms with E-state index in [4.69, 9.17) is 0 Å². The first kappa shape index (κ1) is 12.3. The molecule has 0 amide bonds. The van der Waals surface area contributed by atoms with Crippen molar-refractivity contribution >= 4 is 6.29 Å². The molecule has 3 nitrogen and oxygen atoms in total. The maximum absolute atomic E-state index is 11.1. The summed E-state index contributed by atoms with van der Waals surface area (Å²) < 4.78 is 0. The highest BCUT2D eigenvalue weighted by atomic mass is 16.1. The van der Waals surface area contributed by atoms with Crippen LogP contribution in [0.4, 0.5) is 0 Å². The molecular weight excluding hydrogens is 212 g/mol. The van der Waals surface area contributed by atoms with Gasteiger partial charge in [-0.1, -0.05) is 23.8 Å². The molecule has 1 aliphatic heterocycles. The Hall–Kier alpha value is -1.19. The molecule has 3 atom stereocenters. The zero-order chi connectivity index (χ0) is 12.4. The summed E-state index contributed by atoms with van der Waals surface area (Å²) >= 11 is 0. The van der Waals surface area contributed by atoms with Gasteiger partial charge in [0.25, 0.3) is 0 Å². The molecule has 3 heteroatoms. The van der Waals surface area contributed by atoms with Crippen molar-refractivity contribution in [3.05, 3.63) is 34.9 Å². The normalized spacial score (nSPS) is 28.3. The predicted molar refractivity (Wildman–Crippen MR) is 68.7 cm³/mol. The molecule has 1 fully saturated rings. The smallest absolute Gasteiger partial charge is 0.126 e. The highest BCUT2D eigenvalue weighted by molar-refractivity contribution is 5.57. The van der Waals surface area contributed by atoms with E-state index in [1.807, 2.05) is 6.92 Å². The van der Waals surface area contributed by atoms with Crippen LogP contribution in [0.5, 0.6) is 0 Å². The minimum absolute atomic E-state index is 0.0516. The summed E-state index contributed by atoms with van der Waals surface area (Å²) in [6.07, 6.45) is 1.96. The lowest BCUT2D eigenvalue weighted by molar-refractivity contribution is -0.111. The monoisotopic (exact) mass is 232 g/mol. The van der Waals surface area contributed by atoms with Crippen molar-refractivity contribution in [3.63, 3.8) is 0 Å². The fourth-order valence-electron chi connectivity index (χ4n) is 2.49. The summed E-state index contributed by atoms with van der Waals surface area (Å²) in [7, 11) is 0. The fraction of sp³-hybridized carbons (Fsp3) is 0.500. The Bertz CT molecular complexity index is 417. The van der Waals surface area contributed by atoms with Crippen LogP contribution < -0.4 is 10.9 Å². The predicted octanol–water partition coefficient (Wildman–Crippen LogP) is 1.53. The topological polar surface area (TPSA) is 41.1 Å². The highest BCUT2D eigenvalue weighted by Crippen LogP contribution is 2.19. The summed E-state index contributed by atoms with van der Waals surface area (Å²) in [6.45, 7) is 6.26. The van der Waals surface area contributed by atoms with Gasteiger partial charge in [-0.2, -0.15) is 0 Å². The maximum atomic E-state index is 11.1. The SMILES string of the molecule is Cc1ccc(CC2NNC(C)C2C=O)c(C)c1. The van der Waals surface area contributed by atoms with E-state index in [0.717, 1.165) is 12.7 Å². The van der Waals surface area contributed by atoms with E-state index >= 15 is 0 Å². The van der Waals surface area contributed by atoms with Gasteiger partial charge in [0.05, 0.1) is 0 Å². The first-order valence-corrected chi connectivity index (χ1v) is 6.14. The molecule has 1 aromatic rings. The molecule has 3 unspecified atom stereocenters. The van der Waals surface area contributed by atoms with Crippen molar-refractivity contribution in [1.82, 2.24) is 10.9 Å². The molecule has 2 rings (SSSR count). The van der Waals surface area contributed by atoms with Crippen molar-refractivity contribution in [2.24, 2.45) is 5.92 Å². The van der Waals surface area contributed by atoms with Crippen LogP contribution in [-0.4, -0.2) is 18.4 Å². The molecule has 1 saturated heterocycles. The Morgan fingerprint density at radius 3 is 2.71 bits per heavy atom. The Kier molecular flexibility index (Phi) is 3.60. The molecule has 17 heavy (non-hydrogen) atoms. The number of aldehydes is 1. The molecular formula is C14H20N2O. The quantitative estimate of drug-likeness (QED) is 0.776. The van der Waals surface area contributed by atoms with Crippen LogP contribution in [0.25, 0.3) is 0 Å². The summed E-state index contributed by atoms with van der Waals surface area (Å²) in [5.74, 6) is 0.0516. The standard InChI is InChI=1S/C14H20N2O/c1-9-4-5-12(10(2)6-9)7-14-13(8-17)11(3)15-16-14/h4-6,8,11,13-16H,7H2,1-3H3. The number of carbonyl (C=O) groups excluding carboxylic acids is 1. The number of carbonyl (C=O) groups is 1. The summed E-state index contributed by atoms with van der Waals surface area (Å²) in [5, 5.41) is 0. The van der Waals surface area contributed by atoms with Gasteiger partial charge in [-0.3, -0.25) is 10.9 Å². The molecule has 1 heterocycles. The number of nitrogens with one attached hydrogen (secondary N) is 2. The fourth-order valence-corrected chi connectivity index (χ4v) is 2.49. The molecule has 0 radical (unpaired) electrons. The van der Waals surface area contributed by atoms with Crippen molar-refractivity contribution in [3.8, 4) is 0 Å². The van der Waals surface area contributed by atoms with Crippen LogP contribution in [0.2, 0.25) is 0 Å². The molecule has 0 saturated carbocycles. The van der Waals surface area contributed by atoms with Crippen LogP contribution in [0, 0.1) is 19.8 Å². The van der Waals surface area contributed by atoms with Gasteiger partial charge in [0.15, 0.2) is 0 Å². The van der Waals surface area contributed by atoms with Crippen molar-refractivity contribution in [2.45, 2.75) is 39.3 Å². The average Bonchev–Trinajstić information content (AvgIpc) is 2.63. The van der Waals surface area contributed by atoms with E-state index in [1.165, 1.54) is 16.7 Å². The van der Waals surface area contributed by atoms with Crippen LogP contribution in [0.3, 0.4) is 0 Å². The number of aryl methyl sites for hydroxylation is 2. The van der Waals surface area contributed by atoms with Gasteiger partial charge < -0.3 is 4.79 Å². The maximum Gasteiger partial charge on any atom is 0.126 e. The van der Waals surface area contributed by atoms with Gasteiger partial charge in [-0.15, -0.1) is 0 Å². The minimum atomic E-state index is 0.0516. The summed E-state index contributed by atoms with van der Waals surface area (Å²) in [6, 6.07) is 6.89. The van der Waals surface area contributed by atoms with Gasteiger partial charge in [0.2, 0.25) is 0 Å². The second-order valence-corrected chi connectivity index (χ2v) is 5.03. The first-order valence-electron chi connectivity index (χ1n) is 6.14. The Morgan fingerprint density at radius 1 is 1.29 bits per heavy atom. The lowest BCUT2D eigenvalue weighted by atomic mass is 9.90. The van der Waals surface area contributed by atoms with E-state index < -0.39 is 0 Å². The second-order valence-electron chi connectivity index (χ2n) is 5.03. The lowest BCUT2D eigenvalue weighted by Gasteiger charge is -2.16. The van der Waals surface area contributed by atoms with Crippen molar-refractivity contribution in [1.29, 1.82) is 0 Å². The first-order chi connectivity index (χ1) is 8.11. The third kappa shape index (κ3) is 2.56. The molecule has 92 valence electrons. The van der Waals surface area contributed by atoms with Gasteiger partial charge in [-0.05, 0) is 38.3 Å². The Labute approximate surface area is 103 Å². The third-order valence-electron chi connectivity index (χ3n) is 3.63. The molecule has 0 spiro atoms. The zero-order valence-corrected chi connectivity index (χ0v) is 10.7. The van der Waals surface area contributed by atoms with Crippen LogP contribution in [0.1, 0.15) is 23.6 Å². The Morgan fingerprint density at radius 2 is 2.06 bits per heavy atom. The van der Waals surface area contributed by atoms with Crippen LogP contribution >= 0.6 is 0 Å². The number of benzene rings is 1. The van der Waals surface area contributed by atoms with Gasteiger partial charge in [0, 0.05) is 18.0 Å². The lowest BCUT2D eigenvalue weighted by Crippen LogP contribution is -2.34. The third-order valence-corrected chi connectivity index (χ3v) is 3.63. The molecule has 1 aliphatic rings. The minimum Gasteiger partial charge on any atom is -0.303 e. The van der Waals surface area contributed by atoms with E-state index in [9.17, 15) is 4.79 Å². The van der Waals surface area contributed by atoms with Crippen molar-refractivity contribution in [2.75, 3.05) is 0 Å². The van der Waals surface area contributed by atoms with Crippen molar-refractivity contribution < 1.29 is 4.79 Å². The van der Waals surface area contributed by atoms with E-state index in [1.54, 1.807) is 0 Å². The number of hydrazine groups is 1. The molecule has 2 N–H and O–H groups in total. The number of hydrogen-bond donors (Lipinski definition) is 2. The molecule has 0 aliphatic carbocycles. The Balaban J connectivity index is 2.13. The van der Waals surface area contributed by atoms with E-state index in [0.29, 0.717) is 0 Å². The van der Waals surface area contributed by atoms with Crippen LogP contribution in [-0.2, 0) is 11.2 Å². The highest BCUT2D eigenvalue weighted by Gasteiger charge is 2.32. The van der Waals surface area contributed by atoms with E-state index in [2.05, 4.69) is 42.9 Å². The zero-order valence-electron chi connectivity index (χ0n) is 10.7. The van der Waals surface area contributed by atoms with Gasteiger partial charge in [0.1, 0.15) is 6.29 Å². The molecule has 1 aromatic carbocycles. The molecule has 0 aromatic heterocycles. The number of hydrogen-bond acceptors (Lipinski definition) is 3. The summed E-state index contributed by atoms with van der Waals surface area (Å²) in [5.41, 5.74) is 10.3. The summed E-state index contributed by atoms with van der Waals surface area (Å²) in [4.78, 5) is 11.1. The van der Waals surface area contributed by atoms with Crippen LogP contribution in [0.15, 0.2) is 18.2 Å². The second kappa shape index (κ2) is 4.98. The van der Waals surface area contributed by atoms with Gasteiger partial charge in [-0.25, -0.2) is 0 Å². The van der Waals surface area contributed by atoms with E-state index in [-0.39, 0.29) is 18.0 Å². The average molecular weight is 232 g/mol. The number of rotatable bonds is 3. The molecule has 0 bridgehead atoms. The largest absolute Gasteiger partial charge is 0.303 e.